The van der Waals surface area contributed by atoms with Crippen LogP contribution in [0, 0.1) is 0 Å². The van der Waals surface area contributed by atoms with E-state index in [2.05, 4.69) is 0 Å². The summed E-state index contributed by atoms with van der Waals surface area (Å²) in [6.07, 6.45) is 0.596. The normalized spacial score (nSPS) is 13.1. The summed E-state index contributed by atoms with van der Waals surface area (Å²) < 4.78 is 67.4. The predicted molar refractivity (Wildman–Crippen MR) is 119 cm³/mol. The van der Waals surface area contributed by atoms with Crippen LogP contribution in [-0.2, 0) is 26.7 Å². The van der Waals surface area contributed by atoms with Crippen LogP contribution in [0.1, 0.15) is 32.8 Å². The van der Waals surface area contributed by atoms with Gasteiger partial charge in [0.05, 0.1) is 24.9 Å². The second-order valence-corrected chi connectivity index (χ2v) is 10.6. The number of sulfonamides is 1. The Morgan fingerprint density at radius 2 is 1.55 bits per heavy atom. The number of methoxy groups -OCH3 is 2. The fraction of sp³-hybridized carbons (Fsp3) is 0.429. The van der Waals surface area contributed by atoms with Crippen LogP contribution in [-0.4, -0.2) is 47.2 Å². The molecule has 1 atom stereocenters. The third-order valence-corrected chi connectivity index (χ3v) is 8.00. The van der Waals surface area contributed by atoms with Crippen LogP contribution in [0.15, 0.2) is 47.4 Å². The van der Waals surface area contributed by atoms with Gasteiger partial charge in [-0.1, -0.05) is 13.0 Å². The van der Waals surface area contributed by atoms with Gasteiger partial charge in [0.15, 0.2) is 11.5 Å². The van der Waals surface area contributed by atoms with Gasteiger partial charge in [-0.15, -0.1) is 0 Å². The van der Waals surface area contributed by atoms with Crippen molar-refractivity contribution in [3.8, 4) is 17.2 Å². The van der Waals surface area contributed by atoms with E-state index in [0.717, 1.165) is 0 Å². The second-order valence-electron chi connectivity index (χ2n) is 6.90. The van der Waals surface area contributed by atoms with E-state index in [-0.39, 0.29) is 34.7 Å². The molecule has 0 radical (unpaired) electrons. The van der Waals surface area contributed by atoms with Gasteiger partial charge in [0.25, 0.3) is 0 Å². The largest absolute Gasteiger partial charge is 0.497 e. The van der Waals surface area contributed by atoms with Crippen LogP contribution < -0.4 is 13.7 Å². The van der Waals surface area contributed by atoms with Crippen LogP contribution in [0.25, 0.3) is 0 Å². The Hall–Kier alpha value is -2.30. The summed E-state index contributed by atoms with van der Waals surface area (Å²) in [5, 5.41) is 0. The molecule has 172 valence electrons. The first-order chi connectivity index (χ1) is 14.6. The van der Waals surface area contributed by atoms with Crippen molar-refractivity contribution in [3.63, 3.8) is 0 Å². The number of rotatable bonds is 11. The van der Waals surface area contributed by atoms with Crippen LogP contribution in [0.3, 0.4) is 0 Å². The van der Waals surface area contributed by atoms with Gasteiger partial charge in [-0.2, -0.15) is 12.7 Å². The van der Waals surface area contributed by atoms with Gasteiger partial charge in [-0.25, -0.2) is 8.42 Å². The molecule has 0 aliphatic carbocycles. The molecule has 0 aromatic heterocycles. The molecular formula is C21H29NO7S2. The minimum absolute atomic E-state index is 0.0211. The van der Waals surface area contributed by atoms with Crippen LogP contribution in [0.4, 0.5) is 0 Å². The van der Waals surface area contributed by atoms with E-state index in [9.17, 15) is 16.8 Å². The molecule has 0 saturated heterocycles. The molecule has 1 unspecified atom stereocenters. The zero-order valence-electron chi connectivity index (χ0n) is 18.4. The third-order valence-electron chi connectivity index (χ3n) is 4.89. The minimum Gasteiger partial charge on any atom is -0.497 e. The summed E-state index contributed by atoms with van der Waals surface area (Å²) in [4.78, 5) is 0.146. The van der Waals surface area contributed by atoms with Crippen molar-refractivity contribution in [2.45, 2.75) is 44.7 Å². The summed E-state index contributed by atoms with van der Waals surface area (Å²) in [5.41, 5.74) is 0.569. The summed E-state index contributed by atoms with van der Waals surface area (Å²) >= 11 is 0. The van der Waals surface area contributed by atoms with Crippen molar-refractivity contribution in [2.24, 2.45) is 0 Å². The van der Waals surface area contributed by atoms with Crippen LogP contribution in [0.2, 0.25) is 0 Å². The molecule has 31 heavy (non-hydrogen) atoms. The van der Waals surface area contributed by atoms with E-state index in [1.54, 1.807) is 24.3 Å². The average Bonchev–Trinajstić information content (AvgIpc) is 2.76. The summed E-state index contributed by atoms with van der Waals surface area (Å²) in [5.74, 6) is 0.621. The van der Waals surface area contributed by atoms with Crippen molar-refractivity contribution in [3.05, 3.63) is 48.0 Å². The van der Waals surface area contributed by atoms with Crippen LogP contribution >= 0.6 is 0 Å². The van der Waals surface area contributed by atoms with E-state index in [4.69, 9.17) is 13.7 Å². The Morgan fingerprint density at radius 1 is 0.903 bits per heavy atom. The molecule has 0 amide bonds. The van der Waals surface area contributed by atoms with Crippen LogP contribution in [0.5, 0.6) is 17.2 Å². The highest BCUT2D eigenvalue weighted by atomic mass is 32.2. The SMILES string of the molecule is CCC(C)N(Cc1ccc(OC)c(OS(=O)(=O)CC)c1)S(=O)(=O)c1ccc(OC)cc1. The molecule has 0 spiro atoms. The number of ether oxygens (including phenoxy) is 2. The van der Waals surface area contributed by atoms with Crippen molar-refractivity contribution in [1.82, 2.24) is 4.31 Å². The highest BCUT2D eigenvalue weighted by Crippen LogP contribution is 2.31. The lowest BCUT2D eigenvalue weighted by Gasteiger charge is -2.28. The molecule has 0 saturated carbocycles. The van der Waals surface area contributed by atoms with Gasteiger partial charge in [0, 0.05) is 12.6 Å². The molecular weight excluding hydrogens is 442 g/mol. The van der Waals surface area contributed by atoms with Gasteiger partial charge < -0.3 is 13.7 Å². The molecule has 2 rings (SSSR count). The van der Waals surface area contributed by atoms with E-state index >= 15 is 0 Å². The van der Waals surface area contributed by atoms with Crippen molar-refractivity contribution in [1.29, 1.82) is 0 Å². The lowest BCUT2D eigenvalue weighted by atomic mass is 10.2. The summed E-state index contributed by atoms with van der Waals surface area (Å²) in [6, 6.07) is 10.6. The molecule has 0 N–H and O–H groups in total. The molecule has 0 aliphatic heterocycles. The van der Waals surface area contributed by atoms with Gasteiger partial charge in [-0.3, -0.25) is 0 Å². The maximum Gasteiger partial charge on any atom is 0.309 e. The highest BCUT2D eigenvalue weighted by Gasteiger charge is 2.29. The van der Waals surface area contributed by atoms with Gasteiger partial charge in [-0.05, 0) is 62.2 Å². The smallest absolute Gasteiger partial charge is 0.309 e. The van der Waals surface area contributed by atoms with Gasteiger partial charge >= 0.3 is 10.1 Å². The summed E-state index contributed by atoms with van der Waals surface area (Å²) in [6.45, 7) is 5.23. The standard InChI is InChI=1S/C21H29NO7S2/c1-6-16(3)22(31(25,26)19-11-9-18(27-4)10-12-19)15-17-8-13-20(28-5)21(14-17)29-30(23,24)7-2/h8-14,16H,6-7,15H2,1-5H3. The number of hydrogen-bond donors (Lipinski definition) is 0. The molecule has 10 heteroatoms. The Labute approximate surface area is 184 Å². The van der Waals surface area contributed by atoms with E-state index in [1.165, 1.54) is 43.6 Å². The molecule has 2 aromatic rings. The minimum atomic E-state index is -3.82. The van der Waals surface area contributed by atoms with Gasteiger partial charge in [0.1, 0.15) is 5.75 Å². The average molecular weight is 472 g/mol. The second kappa shape index (κ2) is 10.3. The van der Waals surface area contributed by atoms with E-state index < -0.39 is 20.1 Å². The zero-order chi connectivity index (χ0) is 23.2. The lowest BCUT2D eigenvalue weighted by Crippen LogP contribution is -2.37. The monoisotopic (exact) mass is 471 g/mol. The highest BCUT2D eigenvalue weighted by molar-refractivity contribution is 7.89. The van der Waals surface area contributed by atoms with Crippen molar-refractivity contribution >= 4 is 20.1 Å². The Balaban J connectivity index is 2.44. The Morgan fingerprint density at radius 3 is 2.06 bits per heavy atom. The maximum atomic E-state index is 13.4. The fourth-order valence-corrected chi connectivity index (χ4v) is 5.04. The Kier molecular flexibility index (Phi) is 8.33. The predicted octanol–water partition coefficient (Wildman–Crippen LogP) is 3.42. The third kappa shape index (κ3) is 6.11. The zero-order valence-corrected chi connectivity index (χ0v) is 20.0. The molecule has 0 fully saturated rings. The Bertz CT molecular complexity index is 1080. The topological polar surface area (TPSA) is 99.2 Å². The van der Waals surface area contributed by atoms with Crippen molar-refractivity contribution < 1.29 is 30.5 Å². The summed E-state index contributed by atoms with van der Waals surface area (Å²) in [7, 11) is -4.68. The lowest BCUT2D eigenvalue weighted by molar-refractivity contribution is 0.322. The van der Waals surface area contributed by atoms with E-state index in [0.29, 0.717) is 17.7 Å². The number of nitrogens with zero attached hydrogens (tertiary/aromatic N) is 1. The molecule has 0 bridgehead atoms. The first kappa shape index (κ1) is 25.0. The maximum absolute atomic E-state index is 13.4. The first-order valence-electron chi connectivity index (χ1n) is 9.82. The first-order valence-corrected chi connectivity index (χ1v) is 12.8. The fourth-order valence-electron chi connectivity index (χ4n) is 2.82. The molecule has 0 heterocycles. The molecule has 8 nitrogen and oxygen atoms in total. The quantitative estimate of drug-likeness (QED) is 0.463. The molecule has 0 aliphatic rings. The van der Waals surface area contributed by atoms with E-state index in [1.807, 2.05) is 13.8 Å². The van der Waals surface area contributed by atoms with Gasteiger partial charge in [0.2, 0.25) is 10.0 Å². The number of benzene rings is 2. The van der Waals surface area contributed by atoms with Crippen molar-refractivity contribution in [2.75, 3.05) is 20.0 Å². The molecule has 2 aromatic carbocycles. The number of hydrogen-bond acceptors (Lipinski definition) is 7.